The monoisotopic (exact) mass is 233 g/mol. The van der Waals surface area contributed by atoms with Crippen molar-refractivity contribution in [2.75, 3.05) is 0 Å². The fraction of sp³-hybridized carbons (Fsp3) is 0.308. The minimum absolute atomic E-state index is 0.243. The number of rotatable bonds is 4. The summed E-state index contributed by atoms with van der Waals surface area (Å²) in [6, 6.07) is 9.24. The van der Waals surface area contributed by atoms with Gasteiger partial charge in [-0.3, -0.25) is 19.7 Å². The van der Waals surface area contributed by atoms with Crippen LogP contribution in [0.25, 0.3) is 0 Å². The van der Waals surface area contributed by atoms with Crippen molar-refractivity contribution in [3.63, 3.8) is 0 Å². The Morgan fingerprint density at radius 3 is 2.18 bits per heavy atom. The van der Waals surface area contributed by atoms with Crippen molar-refractivity contribution >= 4 is 17.6 Å². The second kappa shape index (κ2) is 5.94. The van der Waals surface area contributed by atoms with Crippen LogP contribution in [0.2, 0.25) is 0 Å². The lowest BCUT2D eigenvalue weighted by atomic mass is 9.95. The van der Waals surface area contributed by atoms with Gasteiger partial charge in [0.2, 0.25) is 11.8 Å². The van der Waals surface area contributed by atoms with E-state index in [9.17, 15) is 14.4 Å². The zero-order valence-electron chi connectivity index (χ0n) is 9.90. The Hall–Kier alpha value is -1.97. The van der Waals surface area contributed by atoms with E-state index in [0.717, 1.165) is 5.56 Å². The summed E-state index contributed by atoms with van der Waals surface area (Å²) in [5.41, 5.74) is 0.895. The third kappa shape index (κ3) is 4.18. The number of amides is 2. The molecule has 0 aromatic heterocycles. The molecule has 0 radical (unpaired) electrons. The molecular weight excluding hydrogens is 218 g/mol. The van der Waals surface area contributed by atoms with Gasteiger partial charge >= 0.3 is 0 Å². The summed E-state index contributed by atoms with van der Waals surface area (Å²) in [4.78, 5) is 33.8. The van der Waals surface area contributed by atoms with Crippen molar-refractivity contribution in [1.29, 1.82) is 0 Å². The van der Waals surface area contributed by atoms with Crippen LogP contribution in [0, 0.1) is 5.92 Å². The van der Waals surface area contributed by atoms with Crippen molar-refractivity contribution < 1.29 is 14.4 Å². The molecule has 17 heavy (non-hydrogen) atoms. The van der Waals surface area contributed by atoms with Gasteiger partial charge in [-0.2, -0.15) is 0 Å². The Morgan fingerprint density at radius 1 is 1.12 bits per heavy atom. The highest BCUT2D eigenvalue weighted by molar-refractivity contribution is 6.06. The van der Waals surface area contributed by atoms with Gasteiger partial charge in [0, 0.05) is 6.92 Å². The predicted octanol–water partition coefficient (Wildman–Crippen LogP) is 1.10. The molecule has 2 amide bonds. The number of hydrogen-bond donors (Lipinski definition) is 1. The fourth-order valence-electron chi connectivity index (χ4n) is 1.53. The number of carbonyl (C=O) groups is 3. The van der Waals surface area contributed by atoms with E-state index in [-0.39, 0.29) is 5.78 Å². The van der Waals surface area contributed by atoms with Crippen molar-refractivity contribution in [3.05, 3.63) is 35.9 Å². The minimum atomic E-state index is -0.804. The Balaban J connectivity index is 2.77. The number of Topliss-reactive ketones (excluding diaryl/α,β-unsaturated/α-hetero) is 1. The van der Waals surface area contributed by atoms with Gasteiger partial charge in [0.1, 0.15) is 11.7 Å². The largest absolute Gasteiger partial charge is 0.299 e. The molecule has 0 spiro atoms. The Kier molecular flexibility index (Phi) is 4.57. The molecule has 0 bridgehead atoms. The number of benzene rings is 1. The van der Waals surface area contributed by atoms with Gasteiger partial charge < -0.3 is 0 Å². The number of imide groups is 1. The highest BCUT2D eigenvalue weighted by atomic mass is 16.2. The molecule has 0 aliphatic heterocycles. The van der Waals surface area contributed by atoms with E-state index >= 15 is 0 Å². The molecule has 0 saturated heterocycles. The van der Waals surface area contributed by atoms with E-state index in [0.29, 0.717) is 6.42 Å². The van der Waals surface area contributed by atoms with E-state index in [1.54, 1.807) is 0 Å². The summed E-state index contributed by atoms with van der Waals surface area (Å²) >= 11 is 0. The Morgan fingerprint density at radius 2 is 1.71 bits per heavy atom. The third-order valence-electron chi connectivity index (χ3n) is 2.39. The maximum Gasteiger partial charge on any atom is 0.237 e. The lowest BCUT2D eigenvalue weighted by molar-refractivity contribution is -0.135. The molecule has 0 saturated carbocycles. The average Bonchev–Trinajstić information content (AvgIpc) is 2.25. The molecule has 90 valence electrons. The van der Waals surface area contributed by atoms with Gasteiger partial charge in [-0.1, -0.05) is 30.3 Å². The lowest BCUT2D eigenvalue weighted by Gasteiger charge is -2.12. The zero-order valence-corrected chi connectivity index (χ0v) is 9.90. The normalized spacial score (nSPS) is 11.6. The van der Waals surface area contributed by atoms with Crippen LogP contribution in [0.5, 0.6) is 0 Å². The molecule has 4 heteroatoms. The van der Waals surface area contributed by atoms with E-state index in [1.165, 1.54) is 13.8 Å². The van der Waals surface area contributed by atoms with E-state index in [1.807, 2.05) is 30.3 Å². The molecule has 1 aromatic rings. The molecule has 1 N–H and O–H groups in total. The van der Waals surface area contributed by atoms with Crippen molar-refractivity contribution in [3.8, 4) is 0 Å². The predicted molar refractivity (Wildman–Crippen MR) is 63.1 cm³/mol. The summed E-state index contributed by atoms with van der Waals surface area (Å²) in [5, 5.41) is 2.15. The van der Waals surface area contributed by atoms with Crippen LogP contribution in [0.3, 0.4) is 0 Å². The maximum absolute atomic E-state index is 11.6. The minimum Gasteiger partial charge on any atom is -0.299 e. The van der Waals surface area contributed by atoms with Crippen LogP contribution < -0.4 is 5.32 Å². The molecule has 1 rings (SSSR count). The molecule has 4 nitrogen and oxygen atoms in total. The quantitative estimate of drug-likeness (QED) is 0.792. The van der Waals surface area contributed by atoms with Crippen LogP contribution in [0.1, 0.15) is 19.4 Å². The van der Waals surface area contributed by atoms with Crippen LogP contribution in [-0.4, -0.2) is 17.6 Å². The first kappa shape index (κ1) is 13.1. The van der Waals surface area contributed by atoms with Crippen LogP contribution in [0.4, 0.5) is 0 Å². The summed E-state index contributed by atoms with van der Waals surface area (Å²) in [5.74, 6) is -2.03. The smallest absolute Gasteiger partial charge is 0.237 e. The Bertz CT molecular complexity index is 426. The van der Waals surface area contributed by atoms with Crippen LogP contribution in [-0.2, 0) is 20.8 Å². The van der Waals surface area contributed by atoms with E-state index < -0.39 is 17.7 Å². The molecule has 1 aromatic carbocycles. The molecule has 0 aliphatic rings. The first-order valence-electron chi connectivity index (χ1n) is 5.36. The molecule has 0 heterocycles. The molecule has 1 unspecified atom stereocenters. The van der Waals surface area contributed by atoms with Gasteiger partial charge in [-0.05, 0) is 18.9 Å². The van der Waals surface area contributed by atoms with Gasteiger partial charge in [0.05, 0.1) is 0 Å². The van der Waals surface area contributed by atoms with Gasteiger partial charge in [0.15, 0.2) is 0 Å². The topological polar surface area (TPSA) is 63.2 Å². The van der Waals surface area contributed by atoms with Gasteiger partial charge in [-0.15, -0.1) is 0 Å². The van der Waals surface area contributed by atoms with Crippen molar-refractivity contribution in [2.45, 2.75) is 20.3 Å². The summed E-state index contributed by atoms with van der Waals surface area (Å²) in [7, 11) is 0. The highest BCUT2D eigenvalue weighted by Gasteiger charge is 2.24. The van der Waals surface area contributed by atoms with Gasteiger partial charge in [-0.25, -0.2) is 0 Å². The van der Waals surface area contributed by atoms with Gasteiger partial charge in [0.25, 0.3) is 0 Å². The fourth-order valence-corrected chi connectivity index (χ4v) is 1.53. The third-order valence-corrected chi connectivity index (χ3v) is 2.39. The first-order chi connectivity index (χ1) is 8.00. The molecule has 0 aliphatic carbocycles. The number of ketones is 1. The SMILES string of the molecule is CC(=O)NC(=O)C(Cc1ccccc1)C(C)=O. The number of nitrogens with one attached hydrogen (secondary N) is 1. The van der Waals surface area contributed by atoms with Crippen LogP contribution >= 0.6 is 0 Å². The summed E-state index contributed by atoms with van der Waals surface area (Å²) in [6.07, 6.45) is 0.315. The van der Waals surface area contributed by atoms with Crippen LogP contribution in [0.15, 0.2) is 30.3 Å². The molecule has 0 fully saturated rings. The summed E-state index contributed by atoms with van der Waals surface area (Å²) in [6.45, 7) is 2.60. The molecular formula is C13H15NO3. The van der Waals surface area contributed by atoms with E-state index in [4.69, 9.17) is 0 Å². The second-order valence-corrected chi connectivity index (χ2v) is 3.90. The van der Waals surface area contributed by atoms with Crippen molar-refractivity contribution in [2.24, 2.45) is 5.92 Å². The standard InChI is InChI=1S/C13H15NO3/c1-9(15)12(13(17)14-10(2)16)8-11-6-4-3-5-7-11/h3-7,12H,8H2,1-2H3,(H,14,16,17). The number of hydrogen-bond acceptors (Lipinski definition) is 3. The first-order valence-corrected chi connectivity index (χ1v) is 5.36. The number of carbonyl (C=O) groups excluding carboxylic acids is 3. The lowest BCUT2D eigenvalue weighted by Crippen LogP contribution is -2.38. The van der Waals surface area contributed by atoms with Crippen molar-refractivity contribution in [1.82, 2.24) is 5.32 Å². The average molecular weight is 233 g/mol. The zero-order chi connectivity index (χ0) is 12.8. The molecule has 1 atom stereocenters. The second-order valence-electron chi connectivity index (χ2n) is 3.90. The highest BCUT2D eigenvalue weighted by Crippen LogP contribution is 2.10. The van der Waals surface area contributed by atoms with E-state index in [2.05, 4.69) is 5.32 Å². The Labute approximate surface area is 100 Å². The maximum atomic E-state index is 11.6. The summed E-state index contributed by atoms with van der Waals surface area (Å²) < 4.78 is 0.